The molecule has 0 amide bonds. The Bertz CT molecular complexity index is 459. The molecule has 4 heterocycles. The van der Waals surface area contributed by atoms with Gasteiger partial charge in [0.25, 0.3) is 0 Å². The summed E-state index contributed by atoms with van der Waals surface area (Å²) in [5, 5.41) is 3.73. The van der Waals surface area contributed by atoms with E-state index in [0.29, 0.717) is 12.1 Å². The molecule has 0 aromatic carbocycles. The maximum atomic E-state index is 6.27. The van der Waals surface area contributed by atoms with E-state index in [1.54, 1.807) is 0 Å². The Morgan fingerprint density at radius 3 is 2.65 bits per heavy atom. The number of piperidine rings is 1. The largest absolute Gasteiger partial charge is 0.372 e. The summed E-state index contributed by atoms with van der Waals surface area (Å²) in [4.78, 5) is 6.72. The average Bonchev–Trinajstić information content (AvgIpc) is 3.09. The van der Waals surface area contributed by atoms with Gasteiger partial charge in [-0.1, -0.05) is 0 Å². The second-order valence-corrected chi connectivity index (χ2v) is 7.01. The van der Waals surface area contributed by atoms with Crippen LogP contribution in [-0.4, -0.2) is 58.4 Å². The molecule has 3 aliphatic rings. The number of imidazole rings is 1. The normalized spacial score (nSPS) is 33.2. The number of morpholine rings is 1. The van der Waals surface area contributed by atoms with Crippen molar-refractivity contribution in [3.05, 3.63) is 18.7 Å². The number of hydrogen-bond donors (Lipinski definition) is 1. The molecule has 3 atom stereocenters. The van der Waals surface area contributed by atoms with E-state index in [2.05, 4.69) is 19.8 Å². The number of aromatic nitrogens is 2. The standard InChI is InChI=1S/C16H26N4O.2ClH/c1(6-20-7-4-17-13-20)5-19-8-9-21-16(12-19)10-14-2-3-15(11-16)18-14;;/h4,7,13-15,18H,1-3,5-6,8-12H2;2*1H/t14-,15+,16?;;. The highest BCUT2D eigenvalue weighted by Crippen LogP contribution is 2.38. The SMILES string of the molecule is Cl.Cl.c1cn(CCCN2CCOC3(C[C@H]4CC[C@@H](C3)N4)C2)cn1. The van der Waals surface area contributed by atoms with Gasteiger partial charge in [-0.2, -0.15) is 0 Å². The Labute approximate surface area is 151 Å². The van der Waals surface area contributed by atoms with Crippen LogP contribution in [-0.2, 0) is 11.3 Å². The third kappa shape index (κ3) is 4.40. The van der Waals surface area contributed by atoms with Crippen LogP contribution in [0.2, 0.25) is 0 Å². The molecule has 3 fully saturated rings. The van der Waals surface area contributed by atoms with Gasteiger partial charge in [-0.05, 0) is 32.1 Å². The number of hydrogen-bond acceptors (Lipinski definition) is 4. The number of aryl methyl sites for hydroxylation is 1. The van der Waals surface area contributed by atoms with Crippen molar-refractivity contribution in [1.29, 1.82) is 0 Å². The summed E-state index contributed by atoms with van der Waals surface area (Å²) < 4.78 is 8.44. The minimum atomic E-state index is 0. The van der Waals surface area contributed by atoms with Gasteiger partial charge >= 0.3 is 0 Å². The van der Waals surface area contributed by atoms with Crippen molar-refractivity contribution in [2.45, 2.75) is 56.3 Å². The topological polar surface area (TPSA) is 42.3 Å². The second-order valence-electron chi connectivity index (χ2n) is 7.01. The lowest BCUT2D eigenvalue weighted by Gasteiger charge is -2.47. The molecule has 4 rings (SSSR count). The van der Waals surface area contributed by atoms with Crippen molar-refractivity contribution < 1.29 is 4.74 Å². The summed E-state index contributed by atoms with van der Waals surface area (Å²) in [5.41, 5.74) is 0.143. The van der Waals surface area contributed by atoms with E-state index in [0.717, 1.165) is 26.2 Å². The number of fused-ring (bicyclic) bond motifs is 2. The summed E-state index contributed by atoms with van der Waals surface area (Å²) in [6.07, 6.45) is 12.1. The Morgan fingerprint density at radius 2 is 1.96 bits per heavy atom. The number of rotatable bonds is 4. The first kappa shape index (κ1) is 19.0. The van der Waals surface area contributed by atoms with Crippen molar-refractivity contribution in [2.75, 3.05) is 26.2 Å². The van der Waals surface area contributed by atoms with Crippen molar-refractivity contribution in [2.24, 2.45) is 0 Å². The molecule has 1 aromatic heterocycles. The summed E-state index contributed by atoms with van der Waals surface area (Å²) in [5.74, 6) is 0. The zero-order valence-electron chi connectivity index (χ0n) is 13.5. The third-order valence-electron chi connectivity index (χ3n) is 5.35. The highest BCUT2D eigenvalue weighted by atomic mass is 35.5. The van der Waals surface area contributed by atoms with E-state index in [4.69, 9.17) is 4.74 Å². The molecule has 5 nitrogen and oxygen atoms in total. The van der Waals surface area contributed by atoms with Gasteiger partial charge < -0.3 is 14.6 Å². The van der Waals surface area contributed by atoms with E-state index < -0.39 is 0 Å². The van der Waals surface area contributed by atoms with Gasteiger partial charge in [0.1, 0.15) is 0 Å². The van der Waals surface area contributed by atoms with E-state index in [1.807, 2.05) is 18.7 Å². The van der Waals surface area contributed by atoms with Crippen LogP contribution in [0.3, 0.4) is 0 Å². The average molecular weight is 363 g/mol. The molecule has 1 aromatic rings. The van der Waals surface area contributed by atoms with Gasteiger partial charge in [-0.25, -0.2) is 4.98 Å². The molecule has 23 heavy (non-hydrogen) atoms. The molecule has 0 radical (unpaired) electrons. The maximum Gasteiger partial charge on any atom is 0.0945 e. The molecule has 3 aliphatic heterocycles. The minimum absolute atomic E-state index is 0. The van der Waals surface area contributed by atoms with Crippen molar-refractivity contribution in [1.82, 2.24) is 19.8 Å². The number of halogens is 2. The van der Waals surface area contributed by atoms with Gasteiger partial charge in [0, 0.05) is 50.7 Å². The number of nitrogens with zero attached hydrogens (tertiary/aromatic N) is 3. The first-order chi connectivity index (χ1) is 10.3. The first-order valence-corrected chi connectivity index (χ1v) is 8.39. The maximum absolute atomic E-state index is 6.27. The van der Waals surface area contributed by atoms with Crippen LogP contribution in [0.1, 0.15) is 32.1 Å². The van der Waals surface area contributed by atoms with Crippen molar-refractivity contribution in [3.8, 4) is 0 Å². The van der Waals surface area contributed by atoms with E-state index in [-0.39, 0.29) is 30.4 Å². The number of ether oxygens (including phenoxy) is 1. The molecule has 1 unspecified atom stereocenters. The monoisotopic (exact) mass is 362 g/mol. The Morgan fingerprint density at radius 1 is 1.17 bits per heavy atom. The molecule has 3 saturated heterocycles. The lowest BCUT2D eigenvalue weighted by Crippen LogP contribution is -2.59. The molecular formula is C16H28Cl2N4O. The Kier molecular flexibility index (Phi) is 6.75. The van der Waals surface area contributed by atoms with E-state index >= 15 is 0 Å². The van der Waals surface area contributed by atoms with Gasteiger partial charge in [0.2, 0.25) is 0 Å². The van der Waals surface area contributed by atoms with E-state index in [9.17, 15) is 0 Å². The molecular weight excluding hydrogens is 335 g/mol. The van der Waals surface area contributed by atoms with Crippen LogP contribution in [0, 0.1) is 0 Å². The van der Waals surface area contributed by atoms with Crippen LogP contribution in [0.4, 0.5) is 0 Å². The van der Waals surface area contributed by atoms with Crippen LogP contribution >= 0.6 is 24.8 Å². The highest BCUT2D eigenvalue weighted by molar-refractivity contribution is 5.85. The van der Waals surface area contributed by atoms with Crippen LogP contribution in [0.5, 0.6) is 0 Å². The predicted molar refractivity (Wildman–Crippen MR) is 95.6 cm³/mol. The van der Waals surface area contributed by atoms with Gasteiger partial charge in [0.15, 0.2) is 0 Å². The quantitative estimate of drug-likeness (QED) is 0.890. The fraction of sp³-hybridized carbons (Fsp3) is 0.812. The fourth-order valence-electron chi connectivity index (χ4n) is 4.46. The second kappa shape index (κ2) is 8.17. The zero-order valence-corrected chi connectivity index (χ0v) is 15.2. The Hall–Kier alpha value is -0.330. The van der Waals surface area contributed by atoms with Gasteiger partial charge in [-0.15, -0.1) is 24.8 Å². The molecule has 7 heteroatoms. The molecule has 1 N–H and O–H groups in total. The zero-order chi connectivity index (χ0) is 14.1. The fourth-order valence-corrected chi connectivity index (χ4v) is 4.46. The minimum Gasteiger partial charge on any atom is -0.372 e. The summed E-state index contributed by atoms with van der Waals surface area (Å²) in [6, 6.07) is 1.41. The van der Waals surface area contributed by atoms with Crippen LogP contribution < -0.4 is 5.32 Å². The smallest absolute Gasteiger partial charge is 0.0945 e. The van der Waals surface area contributed by atoms with Gasteiger partial charge in [-0.3, -0.25) is 4.90 Å². The van der Waals surface area contributed by atoms with E-state index in [1.165, 1.54) is 38.6 Å². The molecule has 0 saturated carbocycles. The van der Waals surface area contributed by atoms with Gasteiger partial charge in [0.05, 0.1) is 18.5 Å². The molecule has 1 spiro atoms. The summed E-state index contributed by atoms with van der Waals surface area (Å²) >= 11 is 0. The summed E-state index contributed by atoms with van der Waals surface area (Å²) in [6.45, 7) is 5.37. The Balaban J connectivity index is 0.000000960. The third-order valence-corrected chi connectivity index (χ3v) is 5.35. The van der Waals surface area contributed by atoms with Crippen molar-refractivity contribution >= 4 is 24.8 Å². The molecule has 132 valence electrons. The highest BCUT2D eigenvalue weighted by Gasteiger charge is 2.46. The predicted octanol–water partition coefficient (Wildman–Crippen LogP) is 2.10. The molecule has 0 aliphatic carbocycles. The first-order valence-electron chi connectivity index (χ1n) is 8.39. The summed E-state index contributed by atoms with van der Waals surface area (Å²) in [7, 11) is 0. The lowest BCUT2D eigenvalue weighted by molar-refractivity contribution is -0.131. The molecule has 2 bridgehead atoms. The number of nitrogens with one attached hydrogen (secondary N) is 1. The van der Waals surface area contributed by atoms with Crippen molar-refractivity contribution in [3.63, 3.8) is 0 Å². The van der Waals surface area contributed by atoms with Crippen LogP contribution in [0.25, 0.3) is 0 Å². The van der Waals surface area contributed by atoms with Crippen LogP contribution in [0.15, 0.2) is 18.7 Å². The lowest BCUT2D eigenvalue weighted by atomic mass is 9.85.